The number of unbranched alkanes of at least 4 members (excludes halogenated alkanes) is 1. The van der Waals surface area contributed by atoms with Crippen LogP contribution in [0.4, 0.5) is 61.2 Å². The highest BCUT2D eigenvalue weighted by Crippen LogP contribution is 2.46. The molecule has 3 aliphatic carbocycles. The van der Waals surface area contributed by atoms with E-state index in [9.17, 15) is 26.3 Å². The number of hydrogen-bond acceptors (Lipinski definition) is 15. The van der Waals surface area contributed by atoms with Gasteiger partial charge < -0.3 is 40.3 Å². The third kappa shape index (κ3) is 19.7. The van der Waals surface area contributed by atoms with E-state index in [-0.39, 0.29) is 17.8 Å². The summed E-state index contributed by atoms with van der Waals surface area (Å²) in [4.78, 5) is 40.6. The lowest BCUT2D eigenvalue weighted by molar-refractivity contribution is 0.0976. The molecule has 21 heteroatoms. The Morgan fingerprint density at radius 2 is 0.733 bits per heavy atom. The zero-order valence-corrected chi connectivity index (χ0v) is 66.2. The fourth-order valence-electron chi connectivity index (χ4n) is 16.3. The van der Waals surface area contributed by atoms with Crippen LogP contribution in [0.1, 0.15) is 104 Å². The number of fused-ring (bicyclic) bond motifs is 9. The minimum Gasteiger partial charge on any atom is -0.383 e. The second-order valence-electron chi connectivity index (χ2n) is 30.9. The predicted molar refractivity (Wildman–Crippen MR) is 450 cm³/mol. The third-order valence-electron chi connectivity index (χ3n) is 23.1. The Labute approximate surface area is 675 Å². The topological polar surface area (TPSA) is 139 Å². The Morgan fingerprint density at radius 1 is 0.397 bits per heavy atom. The van der Waals surface area contributed by atoms with E-state index in [0.29, 0.717) is 37.1 Å². The molecule has 5 heterocycles. The van der Waals surface area contributed by atoms with Crippen molar-refractivity contribution in [2.75, 3.05) is 129 Å². The van der Waals surface area contributed by atoms with E-state index in [0.717, 1.165) is 212 Å². The van der Waals surface area contributed by atoms with Gasteiger partial charge in [0.15, 0.2) is 34.9 Å². The van der Waals surface area contributed by atoms with Gasteiger partial charge in [0.2, 0.25) is 17.8 Å². The summed E-state index contributed by atoms with van der Waals surface area (Å²) in [6.45, 7) is 17.3. The monoisotopic (exact) mass is 1560 g/mol. The SMILES string of the molecule is CCCCN(C)CCc1ccc(Nc2ncc3c(n2)-c2ccccc2[C@H](c2ccc(F)c(F)c2)C3)cc1.CN1CCN(CCc2ccc(Nc3ncc4c(n3)-c3ccccc3[C@H](c3ccc(F)c(F)c3)C4)cc2)CC1.COCCN1CCN(CCc2ccc(Nc3ncc4c(n3)-c3ccccc3[C@@H](c3ccc(F)c(F)c3)C4)cc2)CC1. The number of aromatic nitrogens is 6. The maximum absolute atomic E-state index is 14.1. The van der Waals surface area contributed by atoms with Gasteiger partial charge in [-0.2, -0.15) is 0 Å². The predicted octanol–water partition coefficient (Wildman–Crippen LogP) is 18.4. The van der Waals surface area contributed by atoms with Crippen molar-refractivity contribution in [1.82, 2.24) is 54.4 Å². The zero-order valence-electron chi connectivity index (χ0n) is 66.2. The maximum Gasteiger partial charge on any atom is 0.227 e. The first-order chi connectivity index (χ1) is 56.6. The smallest absolute Gasteiger partial charge is 0.227 e. The van der Waals surface area contributed by atoms with Gasteiger partial charge >= 0.3 is 0 Å². The van der Waals surface area contributed by atoms with E-state index < -0.39 is 34.9 Å². The number of anilines is 6. The molecule has 2 saturated heterocycles. The molecule has 0 spiro atoms. The first-order valence-electron chi connectivity index (χ1n) is 40.4. The van der Waals surface area contributed by atoms with Gasteiger partial charge in [0.1, 0.15) is 0 Å². The summed E-state index contributed by atoms with van der Waals surface area (Å²) in [5, 5.41) is 10.0. The Balaban J connectivity index is 0.000000137. The minimum atomic E-state index is -0.835. The van der Waals surface area contributed by atoms with Crippen molar-refractivity contribution in [2.45, 2.75) is 76.0 Å². The fraction of sp³-hybridized carbons (Fsp3) is 0.305. The normalized spacial score (nSPS) is 16.4. The molecule has 0 unspecified atom stereocenters. The highest BCUT2D eigenvalue weighted by molar-refractivity contribution is 5.76. The average molecular weight is 1570 g/mol. The molecule has 0 bridgehead atoms. The molecule has 2 aliphatic heterocycles. The van der Waals surface area contributed by atoms with E-state index in [1.807, 2.05) is 91.4 Å². The largest absolute Gasteiger partial charge is 0.383 e. The molecular weight excluding hydrogens is 1470 g/mol. The van der Waals surface area contributed by atoms with Crippen LogP contribution in [0.15, 0.2) is 219 Å². The number of hydrogen-bond donors (Lipinski definition) is 3. The maximum atomic E-state index is 14.1. The summed E-state index contributed by atoms with van der Waals surface area (Å²) < 4.78 is 88.0. The van der Waals surface area contributed by atoms with E-state index in [1.165, 1.54) is 65.9 Å². The van der Waals surface area contributed by atoms with Crippen molar-refractivity contribution in [3.63, 3.8) is 0 Å². The van der Waals surface area contributed by atoms with Crippen molar-refractivity contribution in [1.29, 1.82) is 0 Å². The Kier molecular flexibility index (Phi) is 26.1. The Bertz CT molecular complexity index is 5330. The summed E-state index contributed by atoms with van der Waals surface area (Å²) in [5.41, 5.74) is 20.7. The van der Waals surface area contributed by atoms with Gasteiger partial charge in [0.05, 0.1) is 23.7 Å². The van der Waals surface area contributed by atoms with Crippen molar-refractivity contribution in [2.24, 2.45) is 0 Å². The lowest BCUT2D eigenvalue weighted by Gasteiger charge is -2.34. The molecule has 3 aromatic heterocycles. The van der Waals surface area contributed by atoms with Crippen molar-refractivity contribution >= 4 is 34.9 Å². The van der Waals surface area contributed by atoms with Crippen LogP contribution in [-0.4, -0.2) is 167 Å². The standard InChI is InChI=1S/C33H35F2N5O.C31H31F2N5.C31H32F2N4/c1-41-19-18-40-16-14-39(15-17-40)13-12-23-6-9-26(10-7-23)37-33-36-22-25-20-29(24-8-11-30(34)31(35)21-24)27-4-2-3-5-28(27)32(25)38-33;1-37-14-16-38(17-15-37)13-12-21-6-9-24(10-7-21)35-31-34-20-23-18-27(22-8-11-28(32)29(33)19-22)25-4-2-3-5-26(25)30(23)36-31;1-3-4-16-37(2)17-15-21-9-12-24(13-10-21)35-31-34-20-23-18-27(22-11-14-28(32)29(33)19-22)25-7-5-6-8-26(25)30(23)36-31/h2-11,21-22,29H,12-20H2,1H3,(H,36,37,38);2-11,19-20,27H,12-18H2,1H3,(H,34,35,36);5-14,19-20,27H,3-4,15-18H2,1-2H3,(H,34,35,36)/t29-;2*27-/m100/s1. The number of piperazine rings is 2. The van der Waals surface area contributed by atoms with Crippen molar-refractivity contribution < 1.29 is 31.1 Å². The highest BCUT2D eigenvalue weighted by atomic mass is 19.2. The first kappa shape index (κ1) is 80.2. The van der Waals surface area contributed by atoms with Crippen LogP contribution in [0.3, 0.4) is 0 Å². The van der Waals surface area contributed by atoms with Crippen LogP contribution < -0.4 is 16.0 Å². The van der Waals surface area contributed by atoms with Gasteiger partial charge in [-0.25, -0.2) is 56.2 Å². The summed E-state index contributed by atoms with van der Waals surface area (Å²) in [7, 11) is 6.12. The summed E-state index contributed by atoms with van der Waals surface area (Å²) >= 11 is 0. The van der Waals surface area contributed by atoms with Gasteiger partial charge in [-0.3, -0.25) is 4.90 Å². The van der Waals surface area contributed by atoms with Crippen LogP contribution >= 0.6 is 0 Å². The Hall–Kier alpha value is -11.0. The second-order valence-corrected chi connectivity index (χ2v) is 30.9. The van der Waals surface area contributed by atoms with Crippen LogP contribution in [0.2, 0.25) is 0 Å². The van der Waals surface area contributed by atoms with Crippen LogP contribution in [0, 0.1) is 34.9 Å². The van der Waals surface area contributed by atoms with Gasteiger partial charge in [-0.1, -0.05) is 141 Å². The molecule has 3 N–H and O–H groups in total. The molecule has 0 amide bonds. The number of rotatable bonds is 24. The molecule has 2 fully saturated rings. The molecule has 12 aromatic rings. The number of benzene rings is 9. The van der Waals surface area contributed by atoms with E-state index in [2.05, 4.69) is 149 Å². The third-order valence-corrected chi connectivity index (χ3v) is 23.1. The number of nitrogens with one attached hydrogen (secondary N) is 3. The molecule has 3 atom stereocenters. The first-order valence-corrected chi connectivity index (χ1v) is 40.4. The lowest BCUT2D eigenvalue weighted by Crippen LogP contribution is -2.47. The molecule has 0 radical (unpaired) electrons. The van der Waals surface area contributed by atoms with Gasteiger partial charge in [-0.05, 0) is 205 Å². The fourth-order valence-corrected chi connectivity index (χ4v) is 16.3. The number of nitrogens with zero attached hydrogens (tertiary/aromatic N) is 11. The molecule has 596 valence electrons. The van der Waals surface area contributed by atoms with E-state index in [4.69, 9.17) is 19.7 Å². The Morgan fingerprint density at radius 3 is 1.08 bits per heavy atom. The summed E-state index contributed by atoms with van der Waals surface area (Å²) in [5.74, 6) is -3.65. The number of halogens is 6. The number of methoxy groups -OCH3 is 1. The van der Waals surface area contributed by atoms with Crippen LogP contribution in [0.25, 0.3) is 33.8 Å². The number of likely N-dealkylation sites (N-methyl/N-ethyl adjacent to an activating group) is 2. The lowest BCUT2D eigenvalue weighted by atomic mass is 9.78. The van der Waals surface area contributed by atoms with Crippen molar-refractivity contribution in [3.05, 3.63) is 320 Å². The van der Waals surface area contributed by atoms with Gasteiger partial charge in [0, 0.05) is 156 Å². The molecule has 15 nitrogen and oxygen atoms in total. The number of ether oxygens (including phenoxy) is 1. The van der Waals surface area contributed by atoms with Crippen molar-refractivity contribution in [3.8, 4) is 33.8 Å². The average Bonchev–Trinajstić information content (AvgIpc) is 0.768. The van der Waals surface area contributed by atoms with Gasteiger partial charge in [0.25, 0.3) is 0 Å². The van der Waals surface area contributed by atoms with Gasteiger partial charge in [-0.15, -0.1) is 0 Å². The minimum absolute atomic E-state index is 0.0882. The molecule has 116 heavy (non-hydrogen) atoms. The molecule has 9 aromatic carbocycles. The molecule has 17 rings (SSSR count). The molecular formula is C95H98F6N14O. The van der Waals surface area contributed by atoms with Crippen LogP contribution in [-0.2, 0) is 43.3 Å². The van der Waals surface area contributed by atoms with Crippen LogP contribution in [0.5, 0.6) is 0 Å². The van der Waals surface area contributed by atoms with E-state index in [1.54, 1.807) is 25.3 Å². The molecule has 5 aliphatic rings. The second kappa shape index (κ2) is 37.7. The summed E-state index contributed by atoms with van der Waals surface area (Å²) in [6.07, 6.45) is 12.9. The molecule has 0 saturated carbocycles. The highest BCUT2D eigenvalue weighted by Gasteiger charge is 2.32. The quantitative estimate of drug-likeness (QED) is 0.0494. The summed E-state index contributed by atoms with van der Waals surface area (Å²) in [6, 6.07) is 61.9. The van der Waals surface area contributed by atoms with E-state index >= 15 is 0 Å². The zero-order chi connectivity index (χ0) is 80.0.